The molecule has 0 spiro atoms. The van der Waals surface area contributed by atoms with Gasteiger partial charge in [-0.1, -0.05) is 6.07 Å². The molecule has 0 bridgehead atoms. The lowest BCUT2D eigenvalue weighted by Gasteiger charge is -2.10. The van der Waals surface area contributed by atoms with E-state index < -0.39 is 12.0 Å². The lowest BCUT2D eigenvalue weighted by molar-refractivity contribution is -0.130. The maximum Gasteiger partial charge on any atom is 0.281 e. The minimum Gasteiger partial charge on any atom is -0.368 e. The van der Waals surface area contributed by atoms with Gasteiger partial charge >= 0.3 is 0 Å². The Bertz CT molecular complexity index is 711. The monoisotopic (exact) mass is 332 g/mol. The van der Waals surface area contributed by atoms with Crippen LogP contribution in [-0.4, -0.2) is 34.5 Å². The second kappa shape index (κ2) is 6.84. The fraction of sp³-hybridized carbons (Fsp3) is 0.333. The van der Waals surface area contributed by atoms with Gasteiger partial charge in [0.25, 0.3) is 11.8 Å². The summed E-state index contributed by atoms with van der Waals surface area (Å²) >= 11 is 1.24. The molecule has 0 aromatic carbocycles. The van der Waals surface area contributed by atoms with Crippen LogP contribution in [0.1, 0.15) is 28.2 Å². The van der Waals surface area contributed by atoms with Gasteiger partial charge in [-0.2, -0.15) is 0 Å². The normalized spacial score (nSPS) is 17.0. The summed E-state index contributed by atoms with van der Waals surface area (Å²) < 4.78 is 5.26. The van der Waals surface area contributed by atoms with Crippen LogP contribution < -0.4 is 10.9 Å². The van der Waals surface area contributed by atoms with Crippen LogP contribution in [0.3, 0.4) is 0 Å². The minimum atomic E-state index is -0.484. The van der Waals surface area contributed by atoms with Crippen molar-refractivity contribution in [1.82, 2.24) is 20.8 Å². The van der Waals surface area contributed by atoms with Gasteiger partial charge in [-0.05, 0) is 31.9 Å². The fourth-order valence-electron chi connectivity index (χ4n) is 2.25. The summed E-state index contributed by atoms with van der Waals surface area (Å²) in [6.07, 6.45) is 2.72. The van der Waals surface area contributed by atoms with E-state index in [1.54, 1.807) is 13.1 Å². The SMILES string of the molecule is Cc1nc(-c2ccccn2)sc1C(=O)NNC(=O)C1CCCO1. The molecule has 23 heavy (non-hydrogen) atoms. The molecule has 2 aromatic heterocycles. The van der Waals surface area contributed by atoms with E-state index in [1.807, 2.05) is 18.2 Å². The quantitative estimate of drug-likeness (QED) is 0.830. The van der Waals surface area contributed by atoms with E-state index in [4.69, 9.17) is 4.74 Å². The van der Waals surface area contributed by atoms with Gasteiger partial charge in [0.2, 0.25) is 0 Å². The summed E-state index contributed by atoms with van der Waals surface area (Å²) in [6, 6.07) is 5.51. The van der Waals surface area contributed by atoms with Crippen LogP contribution in [0, 0.1) is 6.92 Å². The second-order valence-corrected chi connectivity index (χ2v) is 6.09. The van der Waals surface area contributed by atoms with Gasteiger partial charge in [0, 0.05) is 12.8 Å². The number of aryl methyl sites for hydroxylation is 1. The summed E-state index contributed by atoms with van der Waals surface area (Å²) in [5.41, 5.74) is 6.12. The largest absolute Gasteiger partial charge is 0.368 e. The fourth-order valence-corrected chi connectivity index (χ4v) is 3.18. The molecule has 1 aliphatic rings. The van der Waals surface area contributed by atoms with Crippen LogP contribution >= 0.6 is 11.3 Å². The van der Waals surface area contributed by atoms with Crippen molar-refractivity contribution >= 4 is 23.2 Å². The predicted molar refractivity (Wildman–Crippen MR) is 84.7 cm³/mol. The lowest BCUT2D eigenvalue weighted by atomic mass is 10.2. The van der Waals surface area contributed by atoms with Crippen LogP contribution in [0.4, 0.5) is 0 Å². The number of hydrogen-bond donors (Lipinski definition) is 2. The third-order valence-electron chi connectivity index (χ3n) is 3.41. The number of rotatable bonds is 3. The first-order chi connectivity index (χ1) is 11.1. The van der Waals surface area contributed by atoms with E-state index >= 15 is 0 Å². The molecule has 3 rings (SSSR count). The van der Waals surface area contributed by atoms with E-state index in [0.29, 0.717) is 34.3 Å². The van der Waals surface area contributed by atoms with E-state index in [1.165, 1.54) is 11.3 Å². The lowest BCUT2D eigenvalue weighted by Crippen LogP contribution is -2.46. The molecule has 2 aromatic rings. The number of hydrogen-bond acceptors (Lipinski definition) is 6. The Labute approximate surface area is 137 Å². The van der Waals surface area contributed by atoms with E-state index in [0.717, 1.165) is 6.42 Å². The van der Waals surface area contributed by atoms with E-state index in [-0.39, 0.29) is 5.91 Å². The van der Waals surface area contributed by atoms with Gasteiger partial charge in [0.1, 0.15) is 16.0 Å². The summed E-state index contributed by atoms with van der Waals surface area (Å²) in [4.78, 5) is 33.1. The number of carbonyl (C=O) groups excluding carboxylic acids is 2. The molecule has 120 valence electrons. The summed E-state index contributed by atoms with van der Waals surface area (Å²) in [6.45, 7) is 2.33. The van der Waals surface area contributed by atoms with Gasteiger partial charge in [-0.3, -0.25) is 25.4 Å². The molecule has 1 fully saturated rings. The smallest absolute Gasteiger partial charge is 0.281 e. The average Bonchev–Trinajstić information content (AvgIpc) is 3.23. The number of nitrogens with zero attached hydrogens (tertiary/aromatic N) is 2. The molecule has 1 aliphatic heterocycles. The molecule has 2 amide bonds. The van der Waals surface area contributed by atoms with Crippen LogP contribution in [0.5, 0.6) is 0 Å². The molecule has 0 radical (unpaired) electrons. The first-order valence-corrected chi connectivity index (χ1v) is 8.07. The number of aromatic nitrogens is 2. The van der Waals surface area contributed by atoms with Gasteiger partial charge < -0.3 is 4.74 Å². The highest BCUT2D eigenvalue weighted by Gasteiger charge is 2.24. The zero-order chi connectivity index (χ0) is 16.2. The standard InChI is InChI=1S/C15H16N4O3S/c1-9-12(23-15(17-9)10-5-2-3-7-16-10)14(21)19-18-13(20)11-6-4-8-22-11/h2-3,5,7,11H,4,6,8H2,1H3,(H,18,20)(H,19,21). The topological polar surface area (TPSA) is 93.2 Å². The van der Waals surface area contributed by atoms with Crippen molar-refractivity contribution < 1.29 is 14.3 Å². The molecule has 3 heterocycles. The maximum absolute atomic E-state index is 12.2. The van der Waals surface area contributed by atoms with E-state index in [9.17, 15) is 9.59 Å². The number of pyridine rings is 1. The van der Waals surface area contributed by atoms with Crippen LogP contribution in [0.2, 0.25) is 0 Å². The van der Waals surface area contributed by atoms with Crippen LogP contribution in [0.15, 0.2) is 24.4 Å². The number of hydrazine groups is 1. The van der Waals surface area contributed by atoms with Crippen molar-refractivity contribution in [2.75, 3.05) is 6.61 Å². The molecular weight excluding hydrogens is 316 g/mol. The number of amides is 2. The highest BCUT2D eigenvalue weighted by Crippen LogP contribution is 2.26. The highest BCUT2D eigenvalue weighted by atomic mass is 32.1. The Hall–Kier alpha value is -2.32. The van der Waals surface area contributed by atoms with Crippen molar-refractivity contribution in [3.05, 3.63) is 35.0 Å². The zero-order valence-corrected chi connectivity index (χ0v) is 13.4. The summed E-state index contributed by atoms with van der Waals surface area (Å²) in [5.74, 6) is -0.725. The Morgan fingerprint density at radius 1 is 1.35 bits per heavy atom. The summed E-state index contributed by atoms with van der Waals surface area (Å²) in [7, 11) is 0. The molecule has 7 nitrogen and oxygen atoms in total. The third kappa shape index (κ3) is 3.54. The predicted octanol–water partition coefficient (Wildman–Crippen LogP) is 1.45. The van der Waals surface area contributed by atoms with Crippen molar-refractivity contribution in [3.8, 4) is 10.7 Å². The molecule has 0 aliphatic carbocycles. The highest BCUT2D eigenvalue weighted by molar-refractivity contribution is 7.17. The van der Waals surface area contributed by atoms with Crippen LogP contribution in [0.25, 0.3) is 10.7 Å². The first kappa shape index (κ1) is 15.6. The van der Waals surface area contributed by atoms with E-state index in [2.05, 4.69) is 20.8 Å². The Balaban J connectivity index is 1.65. The Kier molecular flexibility index (Phi) is 4.63. The van der Waals surface area contributed by atoms with Crippen LogP contribution in [-0.2, 0) is 9.53 Å². The Morgan fingerprint density at radius 3 is 2.91 bits per heavy atom. The van der Waals surface area contributed by atoms with Gasteiger partial charge in [0.15, 0.2) is 0 Å². The zero-order valence-electron chi connectivity index (χ0n) is 12.5. The molecule has 0 saturated carbocycles. The number of nitrogens with one attached hydrogen (secondary N) is 2. The number of carbonyl (C=O) groups is 2. The number of thiazole rings is 1. The van der Waals surface area contributed by atoms with Crippen molar-refractivity contribution in [2.24, 2.45) is 0 Å². The first-order valence-electron chi connectivity index (χ1n) is 7.26. The third-order valence-corrected chi connectivity index (χ3v) is 4.59. The summed E-state index contributed by atoms with van der Waals surface area (Å²) in [5, 5.41) is 0.665. The van der Waals surface area contributed by atoms with Gasteiger partial charge in [-0.25, -0.2) is 4.98 Å². The van der Waals surface area contributed by atoms with Gasteiger partial charge in [0.05, 0.1) is 11.4 Å². The number of ether oxygens (including phenoxy) is 1. The maximum atomic E-state index is 12.2. The molecule has 8 heteroatoms. The van der Waals surface area contributed by atoms with Crippen molar-refractivity contribution in [1.29, 1.82) is 0 Å². The average molecular weight is 332 g/mol. The molecule has 1 saturated heterocycles. The minimum absolute atomic E-state index is 0.331. The molecule has 1 unspecified atom stereocenters. The Morgan fingerprint density at radius 2 is 2.22 bits per heavy atom. The second-order valence-electron chi connectivity index (χ2n) is 5.09. The molecular formula is C15H16N4O3S. The molecule has 1 atom stereocenters. The van der Waals surface area contributed by atoms with Crippen molar-refractivity contribution in [2.45, 2.75) is 25.9 Å². The van der Waals surface area contributed by atoms with Crippen molar-refractivity contribution in [3.63, 3.8) is 0 Å². The van der Waals surface area contributed by atoms with Gasteiger partial charge in [-0.15, -0.1) is 11.3 Å². The molecule has 2 N–H and O–H groups in total.